The number of fused-ring (bicyclic) bond motifs is 1. The van der Waals surface area contributed by atoms with Crippen molar-refractivity contribution >= 4 is 23.2 Å². The number of aromatic nitrogens is 2. The first-order chi connectivity index (χ1) is 16.1. The molecule has 0 bridgehead atoms. The molecule has 0 saturated carbocycles. The van der Waals surface area contributed by atoms with Crippen molar-refractivity contribution in [2.45, 2.75) is 25.7 Å². The molecule has 3 aromatic rings. The van der Waals surface area contributed by atoms with Crippen LogP contribution in [0.2, 0.25) is 0 Å². The van der Waals surface area contributed by atoms with Gasteiger partial charge in [0.2, 0.25) is 0 Å². The lowest BCUT2D eigenvalue weighted by molar-refractivity contribution is -0.137. The van der Waals surface area contributed by atoms with Crippen LogP contribution >= 0.6 is 0 Å². The molecule has 1 N–H and O–H groups in total. The van der Waals surface area contributed by atoms with Crippen molar-refractivity contribution in [1.82, 2.24) is 9.78 Å². The number of rotatable bonds is 4. The second-order valence-corrected chi connectivity index (χ2v) is 7.64. The zero-order valence-electron chi connectivity index (χ0n) is 18.1. The van der Waals surface area contributed by atoms with Gasteiger partial charge in [-0.25, -0.2) is 0 Å². The van der Waals surface area contributed by atoms with Gasteiger partial charge in [-0.1, -0.05) is 0 Å². The van der Waals surface area contributed by atoms with E-state index in [9.17, 15) is 28.0 Å². The van der Waals surface area contributed by atoms with E-state index in [1.54, 1.807) is 13.0 Å². The first-order valence-electron chi connectivity index (χ1n) is 10.1. The third-order valence-corrected chi connectivity index (χ3v) is 5.43. The van der Waals surface area contributed by atoms with Crippen molar-refractivity contribution in [3.63, 3.8) is 0 Å². The topological polar surface area (TPSA) is 100 Å². The van der Waals surface area contributed by atoms with Crippen LogP contribution in [0.5, 0.6) is 5.75 Å². The molecule has 1 aromatic heterocycles. The van der Waals surface area contributed by atoms with Crippen LogP contribution in [-0.4, -0.2) is 34.7 Å². The van der Waals surface area contributed by atoms with Crippen molar-refractivity contribution in [3.05, 3.63) is 71.0 Å². The quantitative estimate of drug-likeness (QED) is 0.621. The summed E-state index contributed by atoms with van der Waals surface area (Å²) in [6.07, 6.45) is -3.23. The number of carbonyl (C=O) groups excluding carboxylic acids is 2. The molecule has 1 aliphatic rings. The van der Waals surface area contributed by atoms with Crippen LogP contribution in [-0.2, 0) is 12.7 Å². The summed E-state index contributed by atoms with van der Waals surface area (Å²) in [5, 5.41) is 16.0. The Morgan fingerprint density at radius 3 is 2.56 bits per heavy atom. The van der Waals surface area contributed by atoms with Gasteiger partial charge in [0, 0.05) is 11.4 Å². The second-order valence-electron chi connectivity index (χ2n) is 7.64. The molecule has 0 radical (unpaired) electrons. The number of anilines is 2. The number of nitriles is 1. The summed E-state index contributed by atoms with van der Waals surface area (Å²) >= 11 is 0. The largest absolute Gasteiger partial charge is 0.495 e. The molecule has 0 spiro atoms. The monoisotopic (exact) mass is 469 g/mol. The molecule has 8 nitrogen and oxygen atoms in total. The average Bonchev–Trinajstić information content (AvgIpc) is 3.23. The van der Waals surface area contributed by atoms with Gasteiger partial charge in [0.05, 0.1) is 42.6 Å². The average molecular weight is 469 g/mol. The maximum atomic E-state index is 13.3. The number of nitrogens with zero attached hydrogens (tertiary/aromatic N) is 4. The van der Waals surface area contributed by atoms with Gasteiger partial charge < -0.3 is 15.0 Å². The minimum atomic E-state index is -4.49. The smallest absolute Gasteiger partial charge is 0.416 e. The third kappa shape index (κ3) is 4.05. The summed E-state index contributed by atoms with van der Waals surface area (Å²) in [5.74, 6) is -0.834. The third-order valence-electron chi connectivity index (χ3n) is 5.43. The molecule has 1 atom stereocenters. The Balaban J connectivity index is 1.63. The van der Waals surface area contributed by atoms with Gasteiger partial charge in [0.25, 0.3) is 11.8 Å². The van der Waals surface area contributed by atoms with E-state index in [0.29, 0.717) is 11.4 Å². The zero-order valence-corrected chi connectivity index (χ0v) is 18.1. The second kappa shape index (κ2) is 8.55. The number of hydrogen-bond donors (Lipinski definition) is 1. The Hall–Kier alpha value is -4.33. The van der Waals surface area contributed by atoms with Gasteiger partial charge in [-0.2, -0.15) is 23.5 Å². The summed E-state index contributed by atoms with van der Waals surface area (Å²) in [4.78, 5) is 27.6. The molecule has 2 heterocycles. The molecule has 2 aromatic carbocycles. The predicted octanol–water partition coefficient (Wildman–Crippen LogP) is 4.08. The zero-order chi connectivity index (χ0) is 24.6. The molecule has 1 unspecified atom stereocenters. The van der Waals surface area contributed by atoms with E-state index in [4.69, 9.17) is 4.74 Å². The summed E-state index contributed by atoms with van der Waals surface area (Å²) in [6, 6.07) is 10.3. The number of hydrogen-bond acceptors (Lipinski definition) is 5. The highest BCUT2D eigenvalue weighted by atomic mass is 19.4. The molecule has 11 heteroatoms. The lowest BCUT2D eigenvalue weighted by atomic mass is 10.1. The van der Waals surface area contributed by atoms with E-state index in [1.165, 1.54) is 47.2 Å². The normalized spacial score (nSPS) is 15.5. The number of halogens is 3. The van der Waals surface area contributed by atoms with E-state index in [2.05, 4.69) is 10.4 Å². The van der Waals surface area contributed by atoms with E-state index in [1.807, 2.05) is 6.07 Å². The Bertz CT molecular complexity index is 1310. The summed E-state index contributed by atoms with van der Waals surface area (Å²) < 4.78 is 45.2. The van der Waals surface area contributed by atoms with E-state index in [-0.39, 0.29) is 29.1 Å². The van der Waals surface area contributed by atoms with Gasteiger partial charge in [-0.05, 0) is 49.4 Å². The van der Waals surface area contributed by atoms with Crippen molar-refractivity contribution in [3.8, 4) is 11.8 Å². The molecule has 0 fully saturated rings. The molecule has 34 heavy (non-hydrogen) atoms. The highest BCUT2D eigenvalue weighted by Gasteiger charge is 2.36. The Morgan fingerprint density at radius 2 is 1.94 bits per heavy atom. The molecular weight excluding hydrogens is 451 g/mol. The van der Waals surface area contributed by atoms with E-state index in [0.717, 1.165) is 12.1 Å². The minimum Gasteiger partial charge on any atom is -0.495 e. The molecule has 1 aliphatic heterocycles. The highest BCUT2D eigenvalue weighted by Crippen LogP contribution is 2.33. The van der Waals surface area contributed by atoms with E-state index >= 15 is 0 Å². The van der Waals surface area contributed by atoms with Crippen LogP contribution in [0.25, 0.3) is 0 Å². The van der Waals surface area contributed by atoms with Crippen molar-refractivity contribution < 1.29 is 27.5 Å². The van der Waals surface area contributed by atoms with Gasteiger partial charge in [-0.3, -0.25) is 14.3 Å². The van der Waals surface area contributed by atoms with Gasteiger partial charge in [0.1, 0.15) is 17.5 Å². The van der Waals surface area contributed by atoms with Gasteiger partial charge >= 0.3 is 6.18 Å². The number of benzene rings is 2. The first-order valence-corrected chi connectivity index (χ1v) is 10.1. The van der Waals surface area contributed by atoms with E-state index < -0.39 is 29.6 Å². The van der Waals surface area contributed by atoms with Crippen LogP contribution in [0.3, 0.4) is 0 Å². The fraction of sp³-hybridized carbons (Fsp3) is 0.217. The van der Waals surface area contributed by atoms with Crippen molar-refractivity contribution in [1.29, 1.82) is 5.26 Å². The number of carbonyl (C=O) groups is 2. The number of alkyl halides is 3. The molecule has 0 aliphatic carbocycles. The molecule has 2 amide bonds. The summed E-state index contributed by atoms with van der Waals surface area (Å²) in [5.41, 5.74) is 0.00900. The molecule has 174 valence electrons. The molecule has 0 saturated heterocycles. The van der Waals surface area contributed by atoms with Gasteiger partial charge in [0.15, 0.2) is 0 Å². The first kappa shape index (κ1) is 22.8. The van der Waals surface area contributed by atoms with Crippen LogP contribution in [0.15, 0.2) is 48.7 Å². The van der Waals surface area contributed by atoms with Crippen LogP contribution in [0, 0.1) is 11.3 Å². The fourth-order valence-corrected chi connectivity index (χ4v) is 3.82. The highest BCUT2D eigenvalue weighted by molar-refractivity contribution is 6.15. The van der Waals surface area contributed by atoms with Gasteiger partial charge in [-0.15, -0.1) is 0 Å². The predicted molar refractivity (Wildman–Crippen MR) is 116 cm³/mol. The summed E-state index contributed by atoms with van der Waals surface area (Å²) in [6.45, 7) is 1.98. The Kier molecular flexibility index (Phi) is 5.75. The summed E-state index contributed by atoms with van der Waals surface area (Å²) in [7, 11) is 1.42. The number of amides is 2. The molecule has 4 rings (SSSR count). The lowest BCUT2D eigenvalue weighted by Gasteiger charge is -2.34. The Morgan fingerprint density at radius 1 is 1.24 bits per heavy atom. The SMILES string of the molecule is COc1ccc(NC(=O)c2cnn3c2C(=O)N(c2ccc(C(F)(F)F)cc2)C(C)C3)cc1C#N. The Labute approximate surface area is 192 Å². The lowest BCUT2D eigenvalue weighted by Crippen LogP contribution is -2.47. The fourth-order valence-electron chi connectivity index (χ4n) is 3.82. The number of nitrogens with one attached hydrogen (secondary N) is 1. The number of ether oxygens (including phenoxy) is 1. The van der Waals surface area contributed by atoms with Crippen molar-refractivity contribution in [2.24, 2.45) is 0 Å². The van der Waals surface area contributed by atoms with Crippen LogP contribution in [0.4, 0.5) is 24.5 Å². The van der Waals surface area contributed by atoms with Crippen molar-refractivity contribution in [2.75, 3.05) is 17.3 Å². The maximum Gasteiger partial charge on any atom is 0.416 e. The molecular formula is C23H18F3N5O3. The standard InChI is InChI=1S/C23H18F3N5O3/c1-13-12-30-20(22(33)31(13)17-6-3-15(4-7-17)23(24,25)26)18(11-28-30)21(32)29-16-5-8-19(34-2)14(9-16)10-27/h3-9,11,13H,12H2,1-2H3,(H,29,32). The van der Waals surface area contributed by atoms with Crippen LogP contribution < -0.4 is 15.0 Å². The maximum absolute atomic E-state index is 13.3. The number of methoxy groups -OCH3 is 1. The van der Waals surface area contributed by atoms with Crippen LogP contribution in [0.1, 0.15) is 38.9 Å². The minimum absolute atomic E-state index is 0.00290.